The van der Waals surface area contributed by atoms with Crippen LogP contribution in [0.25, 0.3) is 0 Å². The van der Waals surface area contributed by atoms with E-state index in [2.05, 4.69) is 13.8 Å². The molecule has 0 amide bonds. The van der Waals surface area contributed by atoms with Crippen molar-refractivity contribution in [3.63, 3.8) is 0 Å². The van der Waals surface area contributed by atoms with Gasteiger partial charge in [0, 0.05) is 5.25 Å². The van der Waals surface area contributed by atoms with Crippen molar-refractivity contribution in [1.82, 2.24) is 0 Å². The Labute approximate surface area is 185 Å². The Hall–Kier alpha value is 0.870. The summed E-state index contributed by atoms with van der Waals surface area (Å²) in [4.78, 5) is 0. The first-order valence-corrected chi connectivity index (χ1v) is 12.0. The number of hydrogen-bond donors (Lipinski definition) is 1. The van der Waals surface area contributed by atoms with Crippen LogP contribution >= 0.6 is 0 Å². The Kier molecular flexibility index (Phi) is 21.5. The number of aliphatic hydroxyl groups is 1. The van der Waals surface area contributed by atoms with Crippen molar-refractivity contribution in [3.8, 4) is 0 Å². The molecular formula is C20H41NaO4S. The molecule has 0 heterocycles. The van der Waals surface area contributed by atoms with Crippen molar-refractivity contribution in [2.45, 2.75) is 128 Å². The van der Waals surface area contributed by atoms with Crippen molar-refractivity contribution in [2.75, 3.05) is 0 Å². The molecule has 1 N–H and O–H groups in total. The molecule has 0 saturated heterocycles. The second-order valence-electron chi connectivity index (χ2n) is 7.46. The molecule has 26 heavy (non-hydrogen) atoms. The molecule has 0 bridgehead atoms. The summed E-state index contributed by atoms with van der Waals surface area (Å²) in [6.07, 6.45) is 15.3. The summed E-state index contributed by atoms with van der Waals surface area (Å²) >= 11 is 0. The second-order valence-corrected chi connectivity index (χ2v) is 9.11. The Bertz CT molecular complexity index is 387. The average molecular weight is 401 g/mol. The van der Waals surface area contributed by atoms with Crippen LogP contribution in [-0.2, 0) is 10.1 Å². The summed E-state index contributed by atoms with van der Waals surface area (Å²) in [5, 5.41) is 8.96. The fourth-order valence-corrected chi connectivity index (χ4v) is 4.26. The third-order valence-electron chi connectivity index (χ3n) is 4.97. The van der Waals surface area contributed by atoms with E-state index in [0.717, 1.165) is 57.8 Å². The Balaban J connectivity index is 0. The fraction of sp³-hybridized carbons (Fsp3) is 1.00. The molecule has 0 aromatic carbocycles. The van der Waals surface area contributed by atoms with Gasteiger partial charge in [0.25, 0.3) is 0 Å². The summed E-state index contributed by atoms with van der Waals surface area (Å²) in [7, 11) is -4.18. The third-order valence-corrected chi connectivity index (χ3v) is 6.26. The van der Waals surface area contributed by atoms with Crippen LogP contribution in [0.4, 0.5) is 0 Å². The topological polar surface area (TPSA) is 77.4 Å². The molecular weight excluding hydrogens is 359 g/mol. The quantitative estimate of drug-likeness (QED) is 0.218. The normalized spacial score (nSPS) is 14.0. The van der Waals surface area contributed by atoms with Crippen LogP contribution in [0.5, 0.6) is 0 Å². The smallest absolute Gasteiger partial charge is 0.748 e. The Morgan fingerprint density at radius 2 is 1.12 bits per heavy atom. The molecule has 2 atom stereocenters. The molecule has 0 rings (SSSR count). The van der Waals surface area contributed by atoms with E-state index < -0.39 is 15.4 Å². The van der Waals surface area contributed by atoms with Gasteiger partial charge >= 0.3 is 29.6 Å². The average Bonchev–Trinajstić information content (AvgIpc) is 2.54. The number of unbranched alkanes of at least 4 members (excludes halogenated alkanes) is 9. The molecule has 6 heteroatoms. The van der Waals surface area contributed by atoms with Crippen molar-refractivity contribution in [3.05, 3.63) is 0 Å². The van der Waals surface area contributed by atoms with Gasteiger partial charge in [-0.15, -0.1) is 0 Å². The van der Waals surface area contributed by atoms with Crippen molar-refractivity contribution in [1.29, 1.82) is 0 Å². The Morgan fingerprint density at radius 3 is 1.58 bits per heavy atom. The van der Waals surface area contributed by atoms with E-state index in [9.17, 15) is 18.1 Å². The first kappa shape index (κ1) is 29.1. The van der Waals surface area contributed by atoms with Crippen LogP contribution in [0, 0.1) is 0 Å². The van der Waals surface area contributed by atoms with Crippen LogP contribution in [-0.4, -0.2) is 29.4 Å². The van der Waals surface area contributed by atoms with Gasteiger partial charge in [-0.3, -0.25) is 0 Å². The minimum Gasteiger partial charge on any atom is -0.748 e. The third kappa shape index (κ3) is 18.2. The van der Waals surface area contributed by atoms with E-state index in [-0.39, 0.29) is 35.7 Å². The first-order valence-electron chi connectivity index (χ1n) is 10.5. The van der Waals surface area contributed by atoms with Crippen molar-refractivity contribution in [2.24, 2.45) is 0 Å². The van der Waals surface area contributed by atoms with Gasteiger partial charge in [0.05, 0.1) is 16.2 Å². The van der Waals surface area contributed by atoms with Crippen molar-refractivity contribution < 1.29 is 47.6 Å². The molecule has 0 fully saturated rings. The molecule has 0 aliphatic heterocycles. The van der Waals surface area contributed by atoms with E-state index >= 15 is 0 Å². The SMILES string of the molecule is CCCCCCCCCCC(CCCCCC(O)CCC)S(=O)(=O)[O-].[Na+]. The predicted molar refractivity (Wildman–Crippen MR) is 105 cm³/mol. The standard InChI is InChI=1S/C20H42O4S.Na/c1-3-5-6-7-8-9-10-13-17-20(25(22,23)24)18-14-11-12-16-19(21)15-4-2;/h19-21H,3-18H2,1-2H3,(H,22,23,24);/q;+1/p-1. The first-order chi connectivity index (χ1) is 11.9. The van der Waals surface area contributed by atoms with E-state index in [1.54, 1.807) is 0 Å². The molecule has 2 unspecified atom stereocenters. The summed E-state index contributed by atoms with van der Waals surface area (Å²) in [5.41, 5.74) is 0. The summed E-state index contributed by atoms with van der Waals surface area (Å²) in [6.45, 7) is 4.26. The maximum atomic E-state index is 11.4. The molecule has 0 spiro atoms. The van der Waals surface area contributed by atoms with E-state index in [0.29, 0.717) is 12.8 Å². The van der Waals surface area contributed by atoms with Gasteiger partial charge in [-0.2, -0.15) is 0 Å². The summed E-state index contributed by atoms with van der Waals surface area (Å²) < 4.78 is 34.3. The molecule has 152 valence electrons. The van der Waals surface area contributed by atoms with Gasteiger partial charge in [0.1, 0.15) is 0 Å². The number of hydrogen-bond acceptors (Lipinski definition) is 4. The zero-order valence-electron chi connectivity index (χ0n) is 17.5. The summed E-state index contributed by atoms with van der Waals surface area (Å²) in [6, 6.07) is 0. The van der Waals surface area contributed by atoms with Gasteiger partial charge in [-0.1, -0.05) is 90.9 Å². The van der Waals surface area contributed by atoms with E-state index in [1.165, 1.54) is 32.1 Å². The van der Waals surface area contributed by atoms with Gasteiger partial charge in [-0.25, -0.2) is 8.42 Å². The van der Waals surface area contributed by atoms with E-state index in [1.807, 2.05) is 0 Å². The number of aliphatic hydroxyl groups excluding tert-OH is 1. The molecule has 0 radical (unpaired) electrons. The zero-order valence-corrected chi connectivity index (χ0v) is 20.4. The van der Waals surface area contributed by atoms with Gasteiger partial charge < -0.3 is 9.66 Å². The van der Waals surface area contributed by atoms with Gasteiger partial charge in [0.15, 0.2) is 0 Å². The molecule has 0 aliphatic carbocycles. The molecule has 4 nitrogen and oxygen atoms in total. The monoisotopic (exact) mass is 400 g/mol. The molecule has 0 aliphatic rings. The van der Waals surface area contributed by atoms with Gasteiger partial charge in [-0.05, 0) is 25.7 Å². The molecule has 0 saturated carbocycles. The number of rotatable bonds is 18. The van der Waals surface area contributed by atoms with E-state index in [4.69, 9.17) is 0 Å². The second kappa shape index (κ2) is 19.2. The van der Waals surface area contributed by atoms with Crippen LogP contribution in [0.3, 0.4) is 0 Å². The summed E-state index contributed by atoms with van der Waals surface area (Å²) in [5.74, 6) is 0. The maximum Gasteiger partial charge on any atom is 1.00 e. The largest absolute Gasteiger partial charge is 1.00 e. The minimum atomic E-state index is -4.18. The van der Waals surface area contributed by atoms with Gasteiger partial charge in [0.2, 0.25) is 0 Å². The van der Waals surface area contributed by atoms with Crippen LogP contribution in [0.2, 0.25) is 0 Å². The zero-order chi connectivity index (χ0) is 19.0. The van der Waals surface area contributed by atoms with Crippen LogP contribution in [0.1, 0.15) is 117 Å². The fourth-order valence-electron chi connectivity index (χ4n) is 3.35. The maximum absolute atomic E-state index is 11.4. The van der Waals surface area contributed by atoms with Crippen LogP contribution in [0.15, 0.2) is 0 Å². The Morgan fingerprint density at radius 1 is 0.692 bits per heavy atom. The van der Waals surface area contributed by atoms with Crippen molar-refractivity contribution >= 4 is 10.1 Å². The predicted octanol–water partition coefficient (Wildman–Crippen LogP) is 2.55. The van der Waals surface area contributed by atoms with Crippen LogP contribution < -0.4 is 29.6 Å². The minimum absolute atomic E-state index is 0. The molecule has 0 aromatic rings. The molecule has 0 aromatic heterocycles.